The van der Waals surface area contributed by atoms with Crippen molar-refractivity contribution in [1.82, 2.24) is 15.0 Å². The highest BCUT2D eigenvalue weighted by molar-refractivity contribution is 14.1. The Morgan fingerprint density at radius 3 is 2.91 bits per heavy atom. The standard InChI is InChI=1S/C7H12IN3/c1-6(8)3-4-11-5-7(2)9-10-11/h5-6H,3-4H2,1-2H3. The largest absolute Gasteiger partial charge is 0.252 e. The van der Waals surface area contributed by atoms with Gasteiger partial charge in [0.05, 0.1) is 5.69 Å². The van der Waals surface area contributed by atoms with E-state index in [4.69, 9.17) is 0 Å². The highest BCUT2D eigenvalue weighted by Gasteiger charge is 1.98. The molecule has 11 heavy (non-hydrogen) atoms. The summed E-state index contributed by atoms with van der Waals surface area (Å²) in [7, 11) is 0. The predicted octanol–water partition coefficient (Wildman–Crippen LogP) is 1.80. The van der Waals surface area contributed by atoms with E-state index in [0.29, 0.717) is 3.92 Å². The lowest BCUT2D eigenvalue weighted by atomic mass is 10.3. The van der Waals surface area contributed by atoms with Gasteiger partial charge in [0.15, 0.2) is 0 Å². The fourth-order valence-electron chi connectivity index (χ4n) is 0.815. The normalized spacial score (nSPS) is 13.4. The van der Waals surface area contributed by atoms with Crippen molar-refractivity contribution < 1.29 is 0 Å². The van der Waals surface area contributed by atoms with Gasteiger partial charge in [-0.3, -0.25) is 4.68 Å². The second kappa shape index (κ2) is 4.04. The van der Waals surface area contributed by atoms with Gasteiger partial charge in [0.25, 0.3) is 0 Å². The van der Waals surface area contributed by atoms with Crippen molar-refractivity contribution >= 4 is 22.6 Å². The molecule has 62 valence electrons. The first kappa shape index (κ1) is 8.96. The van der Waals surface area contributed by atoms with E-state index in [9.17, 15) is 0 Å². The Balaban J connectivity index is 2.39. The van der Waals surface area contributed by atoms with Crippen LogP contribution in [0.15, 0.2) is 6.20 Å². The first-order chi connectivity index (χ1) is 5.18. The molecular weight excluding hydrogens is 253 g/mol. The summed E-state index contributed by atoms with van der Waals surface area (Å²) in [6.07, 6.45) is 3.13. The van der Waals surface area contributed by atoms with E-state index in [1.807, 2.05) is 17.8 Å². The molecule has 0 aromatic carbocycles. The van der Waals surface area contributed by atoms with E-state index in [1.165, 1.54) is 0 Å². The molecule has 0 saturated carbocycles. The van der Waals surface area contributed by atoms with Gasteiger partial charge in [-0.05, 0) is 13.3 Å². The van der Waals surface area contributed by atoms with Crippen LogP contribution in [0.1, 0.15) is 19.0 Å². The van der Waals surface area contributed by atoms with Crippen LogP contribution in [0.4, 0.5) is 0 Å². The van der Waals surface area contributed by atoms with Crippen LogP contribution in [0, 0.1) is 6.92 Å². The zero-order chi connectivity index (χ0) is 8.27. The molecular formula is C7H12IN3. The summed E-state index contributed by atoms with van der Waals surface area (Å²) in [6.45, 7) is 5.13. The van der Waals surface area contributed by atoms with E-state index in [1.54, 1.807) is 0 Å². The van der Waals surface area contributed by atoms with Crippen molar-refractivity contribution in [3.8, 4) is 0 Å². The highest BCUT2D eigenvalue weighted by Crippen LogP contribution is 2.05. The molecule has 1 heterocycles. The van der Waals surface area contributed by atoms with Crippen molar-refractivity contribution in [3.63, 3.8) is 0 Å². The Hall–Kier alpha value is -0.130. The van der Waals surface area contributed by atoms with Crippen LogP contribution in [0.2, 0.25) is 0 Å². The smallest absolute Gasteiger partial charge is 0.0796 e. The molecule has 0 N–H and O–H groups in total. The summed E-state index contributed by atoms with van der Waals surface area (Å²) in [5.41, 5.74) is 0.992. The molecule has 1 rings (SSSR count). The number of rotatable bonds is 3. The van der Waals surface area contributed by atoms with E-state index in [-0.39, 0.29) is 0 Å². The molecule has 0 aliphatic carbocycles. The second-order valence-electron chi connectivity index (χ2n) is 2.69. The fraction of sp³-hybridized carbons (Fsp3) is 0.714. The summed E-state index contributed by atoms with van der Waals surface area (Å²) in [6, 6.07) is 0. The van der Waals surface area contributed by atoms with Gasteiger partial charge >= 0.3 is 0 Å². The maximum atomic E-state index is 3.95. The van der Waals surface area contributed by atoms with Crippen molar-refractivity contribution in [2.24, 2.45) is 0 Å². The summed E-state index contributed by atoms with van der Waals surface area (Å²) < 4.78 is 2.60. The van der Waals surface area contributed by atoms with Crippen LogP contribution in [0.25, 0.3) is 0 Å². The van der Waals surface area contributed by atoms with Gasteiger partial charge in [0, 0.05) is 16.7 Å². The average Bonchev–Trinajstić information content (AvgIpc) is 2.31. The summed E-state index contributed by atoms with van der Waals surface area (Å²) >= 11 is 2.41. The Morgan fingerprint density at radius 2 is 2.45 bits per heavy atom. The average molecular weight is 265 g/mol. The lowest BCUT2D eigenvalue weighted by Gasteiger charge is -2.00. The van der Waals surface area contributed by atoms with Crippen LogP contribution >= 0.6 is 22.6 Å². The van der Waals surface area contributed by atoms with Gasteiger partial charge in [-0.25, -0.2) is 0 Å². The maximum absolute atomic E-state index is 3.95. The topological polar surface area (TPSA) is 30.7 Å². The minimum Gasteiger partial charge on any atom is -0.252 e. The molecule has 1 aromatic rings. The first-order valence-electron chi connectivity index (χ1n) is 3.69. The monoisotopic (exact) mass is 265 g/mol. The highest BCUT2D eigenvalue weighted by atomic mass is 127. The first-order valence-corrected chi connectivity index (χ1v) is 4.94. The Bertz CT molecular complexity index is 219. The van der Waals surface area contributed by atoms with Crippen LogP contribution in [0.5, 0.6) is 0 Å². The Morgan fingerprint density at radius 1 is 1.73 bits per heavy atom. The molecule has 1 atom stereocenters. The molecule has 0 fully saturated rings. The molecule has 0 spiro atoms. The van der Waals surface area contributed by atoms with Crippen molar-refractivity contribution in [2.75, 3.05) is 0 Å². The number of aromatic nitrogens is 3. The quantitative estimate of drug-likeness (QED) is 0.616. The zero-order valence-electron chi connectivity index (χ0n) is 6.79. The third-order valence-corrected chi connectivity index (χ3v) is 2.03. The molecule has 1 unspecified atom stereocenters. The molecule has 3 nitrogen and oxygen atoms in total. The lowest BCUT2D eigenvalue weighted by Crippen LogP contribution is -2.02. The summed E-state index contributed by atoms with van der Waals surface area (Å²) in [5.74, 6) is 0. The van der Waals surface area contributed by atoms with Gasteiger partial charge in [0.2, 0.25) is 0 Å². The van der Waals surface area contributed by atoms with Crippen LogP contribution in [-0.4, -0.2) is 18.9 Å². The molecule has 0 bridgehead atoms. The lowest BCUT2D eigenvalue weighted by molar-refractivity contribution is 0.563. The van der Waals surface area contributed by atoms with Crippen molar-refractivity contribution in [1.29, 1.82) is 0 Å². The van der Waals surface area contributed by atoms with Gasteiger partial charge in [-0.1, -0.05) is 34.7 Å². The van der Waals surface area contributed by atoms with Crippen LogP contribution in [-0.2, 0) is 6.54 Å². The van der Waals surface area contributed by atoms with Gasteiger partial charge in [-0.2, -0.15) is 0 Å². The Kier molecular flexibility index (Phi) is 3.29. The van der Waals surface area contributed by atoms with E-state index >= 15 is 0 Å². The SMILES string of the molecule is Cc1cn(CCC(C)I)nn1. The maximum Gasteiger partial charge on any atom is 0.0796 e. The van der Waals surface area contributed by atoms with Crippen LogP contribution in [0.3, 0.4) is 0 Å². The van der Waals surface area contributed by atoms with Gasteiger partial charge in [0.1, 0.15) is 0 Å². The van der Waals surface area contributed by atoms with E-state index in [2.05, 4.69) is 39.8 Å². The number of hydrogen-bond acceptors (Lipinski definition) is 2. The molecule has 4 heteroatoms. The summed E-state index contributed by atoms with van der Waals surface area (Å²) in [4.78, 5) is 0. The van der Waals surface area contributed by atoms with E-state index < -0.39 is 0 Å². The second-order valence-corrected chi connectivity index (χ2v) is 4.82. The molecule has 0 radical (unpaired) electrons. The van der Waals surface area contributed by atoms with Crippen LogP contribution < -0.4 is 0 Å². The number of halogens is 1. The van der Waals surface area contributed by atoms with E-state index in [0.717, 1.165) is 18.7 Å². The molecule has 0 aliphatic heterocycles. The molecule has 0 saturated heterocycles. The number of hydrogen-bond donors (Lipinski definition) is 0. The molecule has 0 amide bonds. The fourth-order valence-corrected chi connectivity index (χ4v) is 1.09. The Labute approximate surface area is 80.3 Å². The minimum absolute atomic E-state index is 0.706. The van der Waals surface area contributed by atoms with Crippen molar-refractivity contribution in [2.45, 2.75) is 30.7 Å². The third-order valence-electron chi connectivity index (χ3n) is 1.41. The number of aryl methyl sites for hydroxylation is 2. The number of alkyl halides is 1. The number of nitrogens with zero attached hydrogens (tertiary/aromatic N) is 3. The molecule has 1 aromatic heterocycles. The van der Waals surface area contributed by atoms with Gasteiger partial charge in [-0.15, -0.1) is 5.10 Å². The van der Waals surface area contributed by atoms with Gasteiger partial charge < -0.3 is 0 Å². The zero-order valence-corrected chi connectivity index (χ0v) is 8.95. The minimum atomic E-state index is 0.706. The third kappa shape index (κ3) is 3.18. The molecule has 0 aliphatic rings. The van der Waals surface area contributed by atoms with Crippen molar-refractivity contribution in [3.05, 3.63) is 11.9 Å². The summed E-state index contributed by atoms with van der Waals surface area (Å²) in [5, 5.41) is 7.86. The predicted molar refractivity (Wildman–Crippen MR) is 52.9 cm³/mol.